The molecule has 1 rings (SSSR count). The molecule has 1 aliphatic heterocycles. The van der Waals surface area contributed by atoms with Gasteiger partial charge in [-0.3, -0.25) is 4.79 Å². The van der Waals surface area contributed by atoms with Crippen LogP contribution in [0.25, 0.3) is 0 Å². The van der Waals surface area contributed by atoms with Gasteiger partial charge in [0, 0.05) is 5.25 Å². The quantitative estimate of drug-likeness (QED) is 0.710. The summed E-state index contributed by atoms with van der Waals surface area (Å²) in [6.45, 7) is 0. The number of rotatable bonds is 5. The number of carbonyl (C=O) groups excluding carboxylic acids is 1. The molecule has 0 aromatic heterocycles. The third kappa shape index (κ3) is 3.88. The van der Waals surface area contributed by atoms with Gasteiger partial charge in [0.1, 0.15) is 6.04 Å². The highest BCUT2D eigenvalue weighted by atomic mass is 32.2. The molecule has 0 aliphatic carbocycles. The highest BCUT2D eigenvalue weighted by Gasteiger charge is 2.17. The minimum absolute atomic E-state index is 0.288. The van der Waals surface area contributed by atoms with Crippen LogP contribution in [0.15, 0.2) is 0 Å². The van der Waals surface area contributed by atoms with E-state index in [1.54, 1.807) is 0 Å². The summed E-state index contributed by atoms with van der Waals surface area (Å²) in [5.41, 5.74) is 5.63. The van der Waals surface area contributed by atoms with E-state index in [9.17, 15) is 4.79 Å². The molecular weight excluding hydrogens is 198 g/mol. The highest BCUT2D eigenvalue weighted by Crippen LogP contribution is 2.29. The molecule has 0 bridgehead atoms. The van der Waals surface area contributed by atoms with E-state index >= 15 is 0 Å². The number of thioether (sulfide) groups is 1. The molecule has 1 fully saturated rings. The van der Waals surface area contributed by atoms with E-state index in [1.807, 2.05) is 0 Å². The van der Waals surface area contributed by atoms with Crippen LogP contribution in [0.3, 0.4) is 0 Å². The second-order valence-electron chi connectivity index (χ2n) is 3.70. The standard InChI is InChI=1S/C10H19NO2S/c1-13-10(12)9(11)6-2-4-8-5-3-7-14-8/h8-9H,2-7,11H2,1H3/t8-,9?/m0/s1. The summed E-state index contributed by atoms with van der Waals surface area (Å²) in [6, 6.07) is -0.425. The minimum Gasteiger partial charge on any atom is -0.468 e. The summed E-state index contributed by atoms with van der Waals surface area (Å²) < 4.78 is 4.57. The van der Waals surface area contributed by atoms with E-state index in [0.29, 0.717) is 0 Å². The molecule has 2 atom stereocenters. The normalized spacial score (nSPS) is 23.4. The number of nitrogens with two attached hydrogens (primary N) is 1. The Hall–Kier alpha value is -0.220. The van der Waals surface area contributed by atoms with Crippen molar-refractivity contribution in [1.82, 2.24) is 0 Å². The van der Waals surface area contributed by atoms with Crippen LogP contribution in [0, 0.1) is 0 Å². The predicted molar refractivity (Wildman–Crippen MR) is 59.3 cm³/mol. The first-order valence-corrected chi connectivity index (χ1v) is 6.24. The largest absolute Gasteiger partial charge is 0.468 e. The Labute approximate surface area is 89.8 Å². The van der Waals surface area contributed by atoms with Crippen LogP contribution < -0.4 is 5.73 Å². The topological polar surface area (TPSA) is 52.3 Å². The van der Waals surface area contributed by atoms with Crippen LogP contribution in [-0.4, -0.2) is 30.1 Å². The van der Waals surface area contributed by atoms with Gasteiger partial charge in [-0.2, -0.15) is 11.8 Å². The third-order valence-electron chi connectivity index (χ3n) is 2.57. The Balaban J connectivity index is 2.05. The number of esters is 1. The monoisotopic (exact) mass is 217 g/mol. The lowest BCUT2D eigenvalue weighted by Gasteiger charge is -2.11. The van der Waals surface area contributed by atoms with E-state index in [2.05, 4.69) is 16.5 Å². The lowest BCUT2D eigenvalue weighted by atomic mass is 10.1. The maximum Gasteiger partial charge on any atom is 0.322 e. The van der Waals surface area contributed by atoms with Crippen LogP contribution in [0.4, 0.5) is 0 Å². The van der Waals surface area contributed by atoms with E-state index < -0.39 is 6.04 Å². The maximum absolute atomic E-state index is 11.0. The first-order chi connectivity index (χ1) is 6.74. The summed E-state index contributed by atoms with van der Waals surface area (Å²) in [6.07, 6.45) is 5.66. The van der Waals surface area contributed by atoms with Crippen LogP contribution in [0.5, 0.6) is 0 Å². The van der Waals surface area contributed by atoms with Gasteiger partial charge >= 0.3 is 5.97 Å². The zero-order valence-electron chi connectivity index (χ0n) is 8.70. The SMILES string of the molecule is COC(=O)C(N)CCC[C@H]1CCCS1. The van der Waals surface area contributed by atoms with Crippen molar-refractivity contribution in [3.05, 3.63) is 0 Å². The van der Waals surface area contributed by atoms with Crippen molar-refractivity contribution >= 4 is 17.7 Å². The van der Waals surface area contributed by atoms with Crippen molar-refractivity contribution < 1.29 is 9.53 Å². The van der Waals surface area contributed by atoms with Gasteiger partial charge in [-0.15, -0.1) is 0 Å². The first kappa shape index (κ1) is 11.9. The van der Waals surface area contributed by atoms with Crippen molar-refractivity contribution in [3.63, 3.8) is 0 Å². The average molecular weight is 217 g/mol. The van der Waals surface area contributed by atoms with E-state index in [-0.39, 0.29) is 5.97 Å². The Morgan fingerprint density at radius 3 is 3.07 bits per heavy atom. The van der Waals surface area contributed by atoms with E-state index in [0.717, 1.165) is 18.1 Å². The number of carbonyl (C=O) groups is 1. The fourth-order valence-corrected chi connectivity index (χ4v) is 3.04. The molecule has 4 heteroatoms. The van der Waals surface area contributed by atoms with Crippen LogP contribution >= 0.6 is 11.8 Å². The van der Waals surface area contributed by atoms with Crippen molar-refractivity contribution in [2.45, 2.75) is 43.4 Å². The van der Waals surface area contributed by atoms with Gasteiger partial charge in [0.25, 0.3) is 0 Å². The zero-order valence-corrected chi connectivity index (χ0v) is 9.52. The van der Waals surface area contributed by atoms with Crippen molar-refractivity contribution in [1.29, 1.82) is 0 Å². The molecule has 0 spiro atoms. The van der Waals surface area contributed by atoms with E-state index in [1.165, 1.54) is 32.1 Å². The van der Waals surface area contributed by atoms with Crippen molar-refractivity contribution in [2.75, 3.05) is 12.9 Å². The number of hydrogen-bond donors (Lipinski definition) is 1. The highest BCUT2D eigenvalue weighted by molar-refractivity contribution is 8.00. The summed E-state index contributed by atoms with van der Waals surface area (Å²) >= 11 is 2.05. The van der Waals surface area contributed by atoms with Gasteiger partial charge in [0.15, 0.2) is 0 Å². The lowest BCUT2D eigenvalue weighted by Crippen LogP contribution is -2.31. The molecular formula is C10H19NO2S. The molecule has 0 radical (unpaired) electrons. The Kier molecular flexibility index (Phi) is 5.33. The smallest absolute Gasteiger partial charge is 0.322 e. The Morgan fingerprint density at radius 1 is 1.71 bits per heavy atom. The number of methoxy groups -OCH3 is 1. The predicted octanol–water partition coefficient (Wildman–Crippen LogP) is 1.55. The second-order valence-corrected chi connectivity index (χ2v) is 5.10. The van der Waals surface area contributed by atoms with Gasteiger partial charge in [-0.25, -0.2) is 0 Å². The second kappa shape index (κ2) is 6.30. The van der Waals surface area contributed by atoms with Gasteiger partial charge in [-0.1, -0.05) is 6.42 Å². The molecule has 1 unspecified atom stereocenters. The van der Waals surface area contributed by atoms with Gasteiger partial charge < -0.3 is 10.5 Å². The fourth-order valence-electron chi connectivity index (χ4n) is 1.71. The first-order valence-electron chi connectivity index (χ1n) is 5.19. The lowest BCUT2D eigenvalue weighted by molar-refractivity contribution is -0.142. The average Bonchev–Trinajstić information content (AvgIpc) is 2.69. The summed E-state index contributed by atoms with van der Waals surface area (Å²) in [4.78, 5) is 11.0. The molecule has 0 amide bonds. The Bertz CT molecular complexity index is 181. The van der Waals surface area contributed by atoms with Crippen LogP contribution in [0.1, 0.15) is 32.1 Å². The number of hydrogen-bond acceptors (Lipinski definition) is 4. The van der Waals surface area contributed by atoms with Crippen molar-refractivity contribution in [2.24, 2.45) is 5.73 Å². The summed E-state index contributed by atoms with van der Waals surface area (Å²) in [7, 11) is 1.38. The molecule has 0 saturated carbocycles. The van der Waals surface area contributed by atoms with E-state index in [4.69, 9.17) is 5.73 Å². The summed E-state index contributed by atoms with van der Waals surface area (Å²) in [5.74, 6) is 1.01. The molecule has 2 N–H and O–H groups in total. The molecule has 0 aromatic rings. The number of ether oxygens (including phenoxy) is 1. The molecule has 1 saturated heterocycles. The van der Waals surface area contributed by atoms with Gasteiger partial charge in [0.05, 0.1) is 7.11 Å². The minimum atomic E-state index is -0.425. The molecule has 1 heterocycles. The molecule has 1 aliphatic rings. The third-order valence-corrected chi connectivity index (χ3v) is 4.04. The fraction of sp³-hybridized carbons (Fsp3) is 0.900. The van der Waals surface area contributed by atoms with Gasteiger partial charge in [0.2, 0.25) is 0 Å². The maximum atomic E-state index is 11.0. The van der Waals surface area contributed by atoms with Crippen LogP contribution in [0.2, 0.25) is 0 Å². The molecule has 82 valence electrons. The molecule has 0 aromatic carbocycles. The zero-order chi connectivity index (χ0) is 10.4. The van der Waals surface area contributed by atoms with Crippen molar-refractivity contribution in [3.8, 4) is 0 Å². The van der Waals surface area contributed by atoms with Gasteiger partial charge in [-0.05, 0) is 31.4 Å². The van der Waals surface area contributed by atoms with Crippen LogP contribution in [-0.2, 0) is 9.53 Å². The Morgan fingerprint density at radius 2 is 2.50 bits per heavy atom. The molecule has 3 nitrogen and oxygen atoms in total. The summed E-state index contributed by atoms with van der Waals surface area (Å²) in [5, 5.41) is 0.805. The molecule has 14 heavy (non-hydrogen) atoms.